The standard InChI is InChI=1S/C20H21FN2O2S/c1-3-5-18(24)22-15-7-4-6-14(11-15)20-23(19(25)12-26-20)17-10-13(2)8-9-16(17)21/h4,6-11,20H,3,5,12H2,1-2H3,(H,22,24). The van der Waals surface area contributed by atoms with Gasteiger partial charge in [-0.1, -0.05) is 25.1 Å². The Morgan fingerprint density at radius 2 is 2.12 bits per heavy atom. The molecule has 1 aliphatic heterocycles. The molecule has 2 aromatic rings. The van der Waals surface area contributed by atoms with Crippen molar-refractivity contribution in [2.45, 2.75) is 32.1 Å². The van der Waals surface area contributed by atoms with Crippen molar-refractivity contribution in [3.05, 3.63) is 59.4 Å². The number of thioether (sulfide) groups is 1. The summed E-state index contributed by atoms with van der Waals surface area (Å²) in [5.74, 6) is -0.278. The maximum atomic E-state index is 14.4. The number of anilines is 2. The van der Waals surface area contributed by atoms with E-state index < -0.39 is 5.82 Å². The Kier molecular flexibility index (Phi) is 5.61. The molecule has 1 aliphatic rings. The van der Waals surface area contributed by atoms with E-state index in [-0.39, 0.29) is 17.2 Å². The number of halogens is 1. The number of benzene rings is 2. The normalized spacial score (nSPS) is 16.8. The van der Waals surface area contributed by atoms with Gasteiger partial charge in [-0.15, -0.1) is 11.8 Å². The second kappa shape index (κ2) is 7.91. The van der Waals surface area contributed by atoms with Crippen molar-refractivity contribution in [1.82, 2.24) is 0 Å². The second-order valence-corrected chi connectivity index (χ2v) is 7.37. The Hall–Kier alpha value is -2.34. The first-order valence-corrected chi connectivity index (χ1v) is 9.64. The van der Waals surface area contributed by atoms with Gasteiger partial charge in [0.2, 0.25) is 11.8 Å². The Morgan fingerprint density at radius 3 is 2.88 bits per heavy atom. The van der Waals surface area contributed by atoms with Crippen LogP contribution in [0.1, 0.15) is 36.3 Å². The molecule has 1 atom stereocenters. The summed E-state index contributed by atoms with van der Waals surface area (Å²) in [6.45, 7) is 3.82. The number of amides is 2. The van der Waals surface area contributed by atoms with Crippen LogP contribution in [0.15, 0.2) is 42.5 Å². The molecule has 136 valence electrons. The maximum absolute atomic E-state index is 14.4. The topological polar surface area (TPSA) is 49.4 Å². The van der Waals surface area contributed by atoms with E-state index >= 15 is 0 Å². The molecule has 3 rings (SSSR count). The van der Waals surface area contributed by atoms with Crippen molar-refractivity contribution in [3.63, 3.8) is 0 Å². The van der Waals surface area contributed by atoms with E-state index in [1.807, 2.05) is 38.1 Å². The van der Waals surface area contributed by atoms with Crippen LogP contribution in [-0.2, 0) is 9.59 Å². The Morgan fingerprint density at radius 1 is 1.31 bits per heavy atom. The van der Waals surface area contributed by atoms with Gasteiger partial charge in [0.05, 0.1) is 11.4 Å². The molecule has 4 nitrogen and oxygen atoms in total. The molecule has 0 spiro atoms. The Labute approximate surface area is 156 Å². The number of hydrogen-bond donors (Lipinski definition) is 1. The highest BCUT2D eigenvalue weighted by atomic mass is 32.2. The summed E-state index contributed by atoms with van der Waals surface area (Å²) in [6, 6.07) is 12.2. The van der Waals surface area contributed by atoms with Gasteiger partial charge in [-0.05, 0) is 48.7 Å². The van der Waals surface area contributed by atoms with Gasteiger partial charge in [0.15, 0.2) is 0 Å². The van der Waals surface area contributed by atoms with Gasteiger partial charge in [-0.3, -0.25) is 14.5 Å². The van der Waals surface area contributed by atoms with Gasteiger partial charge in [0.1, 0.15) is 11.2 Å². The van der Waals surface area contributed by atoms with Crippen LogP contribution >= 0.6 is 11.8 Å². The van der Waals surface area contributed by atoms with Crippen molar-refractivity contribution >= 4 is 35.0 Å². The summed E-state index contributed by atoms with van der Waals surface area (Å²) < 4.78 is 14.4. The highest BCUT2D eigenvalue weighted by Gasteiger charge is 2.35. The number of carbonyl (C=O) groups excluding carboxylic acids is 2. The highest BCUT2D eigenvalue weighted by molar-refractivity contribution is 8.00. The molecule has 1 fully saturated rings. The molecule has 6 heteroatoms. The summed E-state index contributed by atoms with van der Waals surface area (Å²) in [5.41, 5.74) is 2.73. The minimum Gasteiger partial charge on any atom is -0.326 e. The number of rotatable bonds is 5. The number of carbonyl (C=O) groups is 2. The third-order valence-corrected chi connectivity index (χ3v) is 5.37. The lowest BCUT2D eigenvalue weighted by atomic mass is 10.1. The van der Waals surface area contributed by atoms with Crippen molar-refractivity contribution in [2.75, 3.05) is 16.0 Å². The quantitative estimate of drug-likeness (QED) is 0.831. The fraction of sp³-hybridized carbons (Fsp3) is 0.300. The lowest BCUT2D eigenvalue weighted by Crippen LogP contribution is -2.28. The molecule has 2 aromatic carbocycles. The van der Waals surface area contributed by atoms with E-state index in [9.17, 15) is 14.0 Å². The third-order valence-electron chi connectivity index (χ3n) is 4.16. The lowest BCUT2D eigenvalue weighted by Gasteiger charge is -2.25. The van der Waals surface area contributed by atoms with E-state index in [0.29, 0.717) is 23.5 Å². The van der Waals surface area contributed by atoms with Crippen LogP contribution in [-0.4, -0.2) is 17.6 Å². The third kappa shape index (κ3) is 3.90. The van der Waals surface area contributed by atoms with Gasteiger partial charge in [-0.2, -0.15) is 0 Å². The zero-order valence-corrected chi connectivity index (χ0v) is 15.6. The summed E-state index contributed by atoms with van der Waals surface area (Å²) in [5, 5.41) is 2.55. The van der Waals surface area contributed by atoms with Crippen molar-refractivity contribution in [1.29, 1.82) is 0 Å². The van der Waals surface area contributed by atoms with E-state index in [1.54, 1.807) is 12.1 Å². The Bertz CT molecular complexity index is 840. The Balaban J connectivity index is 1.91. The van der Waals surface area contributed by atoms with Gasteiger partial charge in [0.25, 0.3) is 0 Å². The van der Waals surface area contributed by atoms with Crippen LogP contribution in [0.2, 0.25) is 0 Å². The fourth-order valence-electron chi connectivity index (χ4n) is 2.96. The van der Waals surface area contributed by atoms with Crippen molar-refractivity contribution < 1.29 is 14.0 Å². The molecular weight excluding hydrogens is 351 g/mol. The molecule has 1 heterocycles. The average Bonchev–Trinajstić information content (AvgIpc) is 2.99. The zero-order valence-electron chi connectivity index (χ0n) is 14.8. The average molecular weight is 372 g/mol. The van der Waals surface area contributed by atoms with Gasteiger partial charge >= 0.3 is 0 Å². The molecule has 0 bridgehead atoms. The largest absolute Gasteiger partial charge is 0.326 e. The summed E-state index contributed by atoms with van der Waals surface area (Å²) >= 11 is 1.46. The zero-order chi connectivity index (χ0) is 18.7. The predicted octanol–water partition coefficient (Wildman–Crippen LogP) is 4.65. The van der Waals surface area contributed by atoms with Crippen molar-refractivity contribution in [3.8, 4) is 0 Å². The lowest BCUT2D eigenvalue weighted by molar-refractivity contribution is -0.116. The predicted molar refractivity (Wildman–Crippen MR) is 104 cm³/mol. The summed E-state index contributed by atoms with van der Waals surface area (Å²) in [7, 11) is 0. The maximum Gasteiger partial charge on any atom is 0.238 e. The van der Waals surface area contributed by atoms with Crippen LogP contribution in [0.3, 0.4) is 0 Å². The minimum atomic E-state index is -0.413. The van der Waals surface area contributed by atoms with E-state index in [0.717, 1.165) is 17.5 Å². The van der Waals surface area contributed by atoms with E-state index in [2.05, 4.69) is 5.32 Å². The summed E-state index contributed by atoms with van der Waals surface area (Å²) in [4.78, 5) is 25.8. The molecular formula is C20H21FN2O2S. The van der Waals surface area contributed by atoms with Crippen LogP contribution in [0, 0.1) is 12.7 Å². The molecule has 26 heavy (non-hydrogen) atoms. The molecule has 1 unspecified atom stereocenters. The van der Waals surface area contributed by atoms with Crippen LogP contribution in [0.25, 0.3) is 0 Å². The second-order valence-electron chi connectivity index (χ2n) is 6.31. The van der Waals surface area contributed by atoms with Gasteiger partial charge in [-0.25, -0.2) is 4.39 Å². The molecule has 0 aromatic heterocycles. The monoisotopic (exact) mass is 372 g/mol. The molecule has 2 amide bonds. The minimum absolute atomic E-state index is 0.0404. The number of nitrogens with zero attached hydrogens (tertiary/aromatic N) is 1. The van der Waals surface area contributed by atoms with Crippen LogP contribution in [0.4, 0.5) is 15.8 Å². The molecule has 1 N–H and O–H groups in total. The molecule has 1 saturated heterocycles. The van der Waals surface area contributed by atoms with Gasteiger partial charge < -0.3 is 5.32 Å². The first-order chi connectivity index (χ1) is 12.5. The molecule has 0 radical (unpaired) electrons. The number of aryl methyl sites for hydroxylation is 1. The van der Waals surface area contributed by atoms with Gasteiger partial charge in [0, 0.05) is 12.1 Å². The summed E-state index contributed by atoms with van der Waals surface area (Å²) in [6.07, 6.45) is 1.24. The smallest absolute Gasteiger partial charge is 0.238 e. The highest BCUT2D eigenvalue weighted by Crippen LogP contribution is 2.43. The first kappa shape index (κ1) is 18.5. The first-order valence-electron chi connectivity index (χ1n) is 8.59. The molecule has 0 saturated carbocycles. The van der Waals surface area contributed by atoms with Crippen molar-refractivity contribution in [2.24, 2.45) is 0 Å². The number of hydrogen-bond acceptors (Lipinski definition) is 3. The fourth-order valence-corrected chi connectivity index (χ4v) is 4.12. The van der Waals surface area contributed by atoms with E-state index in [1.165, 1.54) is 22.7 Å². The van der Waals surface area contributed by atoms with Crippen LogP contribution < -0.4 is 10.2 Å². The molecule has 0 aliphatic carbocycles. The number of nitrogens with one attached hydrogen (secondary N) is 1. The van der Waals surface area contributed by atoms with E-state index in [4.69, 9.17) is 0 Å². The SMILES string of the molecule is CCCC(=O)Nc1cccc(C2SCC(=O)N2c2cc(C)ccc2F)c1. The van der Waals surface area contributed by atoms with Crippen LogP contribution in [0.5, 0.6) is 0 Å².